The van der Waals surface area contributed by atoms with Crippen LogP contribution in [0, 0.1) is 5.92 Å². The van der Waals surface area contributed by atoms with Gasteiger partial charge < -0.3 is 9.72 Å². The third-order valence-electron chi connectivity index (χ3n) is 4.11. The zero-order valence-electron chi connectivity index (χ0n) is 13.2. The van der Waals surface area contributed by atoms with Crippen molar-refractivity contribution in [3.63, 3.8) is 0 Å². The van der Waals surface area contributed by atoms with Crippen LogP contribution in [-0.4, -0.2) is 35.9 Å². The Morgan fingerprint density at radius 2 is 2.17 bits per heavy atom. The molecule has 8 heteroatoms. The van der Waals surface area contributed by atoms with Crippen LogP contribution in [0.4, 0.5) is 0 Å². The van der Waals surface area contributed by atoms with Crippen molar-refractivity contribution in [3.05, 3.63) is 40.4 Å². The molecule has 0 unspecified atom stereocenters. The normalized spacial score (nSPS) is 20.8. The number of nitrogens with one attached hydrogen (secondary N) is 1. The van der Waals surface area contributed by atoms with Crippen molar-refractivity contribution >= 4 is 26.7 Å². The molecule has 0 aliphatic carbocycles. The van der Waals surface area contributed by atoms with E-state index in [1.165, 1.54) is 0 Å². The van der Waals surface area contributed by atoms with Crippen LogP contribution in [0.25, 0.3) is 10.9 Å². The second-order valence-corrected chi connectivity index (χ2v) is 8.30. The maximum absolute atomic E-state index is 12.0. The number of carbonyl (C=O) groups is 1. The molecule has 7 nitrogen and oxygen atoms in total. The Balaban J connectivity index is 1.69. The highest BCUT2D eigenvalue weighted by molar-refractivity contribution is 7.91. The molecule has 1 aliphatic heterocycles. The van der Waals surface area contributed by atoms with E-state index < -0.39 is 21.9 Å². The molecule has 1 saturated heterocycles. The summed E-state index contributed by atoms with van der Waals surface area (Å²) in [5, 5.41) is 0.468. The van der Waals surface area contributed by atoms with Crippen LogP contribution in [0.15, 0.2) is 29.1 Å². The van der Waals surface area contributed by atoms with Crippen molar-refractivity contribution in [2.75, 3.05) is 11.5 Å². The Bertz CT molecular complexity index is 935. The molecule has 128 valence electrons. The van der Waals surface area contributed by atoms with Crippen molar-refractivity contribution in [2.24, 2.45) is 5.92 Å². The Hall–Kier alpha value is -2.22. The standard InChI is InChI=1S/C16H18N2O5S/c1-10(23-14(19)8-11-6-7-24(21,22)9-11)15-17-13-5-3-2-4-12(13)16(20)18-15/h2-5,10-11H,6-9H2,1H3,(H,17,18,20)/t10-,11+/m1/s1. The number of sulfone groups is 1. The van der Waals surface area contributed by atoms with Gasteiger partial charge in [0.1, 0.15) is 0 Å². The zero-order valence-corrected chi connectivity index (χ0v) is 14.0. The number of rotatable bonds is 4. The summed E-state index contributed by atoms with van der Waals surface area (Å²) >= 11 is 0. The lowest BCUT2D eigenvalue weighted by Crippen LogP contribution is -2.19. The molecule has 2 aromatic rings. The summed E-state index contributed by atoms with van der Waals surface area (Å²) in [5.41, 5.74) is 0.237. The lowest BCUT2D eigenvalue weighted by atomic mass is 10.1. The number of fused-ring (bicyclic) bond motifs is 1. The van der Waals surface area contributed by atoms with E-state index in [1.807, 2.05) is 0 Å². The summed E-state index contributed by atoms with van der Waals surface area (Å²) < 4.78 is 28.2. The van der Waals surface area contributed by atoms with Crippen molar-refractivity contribution in [3.8, 4) is 0 Å². The van der Waals surface area contributed by atoms with E-state index in [-0.39, 0.29) is 35.2 Å². The molecular formula is C16H18N2O5S. The number of aromatic nitrogens is 2. The van der Waals surface area contributed by atoms with Gasteiger partial charge in [-0.15, -0.1) is 0 Å². The molecule has 1 N–H and O–H groups in total. The highest BCUT2D eigenvalue weighted by atomic mass is 32.2. The van der Waals surface area contributed by atoms with Gasteiger partial charge in [0.05, 0.1) is 22.4 Å². The van der Waals surface area contributed by atoms with Crippen LogP contribution in [0.2, 0.25) is 0 Å². The summed E-state index contributed by atoms with van der Waals surface area (Å²) in [6.07, 6.45) is -0.175. The molecule has 24 heavy (non-hydrogen) atoms. The van der Waals surface area contributed by atoms with E-state index in [2.05, 4.69) is 9.97 Å². The first-order valence-corrected chi connectivity index (χ1v) is 9.55. The molecule has 0 radical (unpaired) electrons. The molecule has 1 aliphatic rings. The third kappa shape index (κ3) is 3.64. The second-order valence-electron chi connectivity index (χ2n) is 6.07. The number of nitrogens with zero attached hydrogens (tertiary/aromatic N) is 1. The smallest absolute Gasteiger partial charge is 0.306 e. The fourth-order valence-electron chi connectivity index (χ4n) is 2.87. The monoisotopic (exact) mass is 350 g/mol. The average molecular weight is 350 g/mol. The quantitative estimate of drug-likeness (QED) is 0.834. The molecular weight excluding hydrogens is 332 g/mol. The van der Waals surface area contributed by atoms with E-state index >= 15 is 0 Å². The van der Waals surface area contributed by atoms with E-state index in [4.69, 9.17) is 4.74 Å². The van der Waals surface area contributed by atoms with Gasteiger partial charge in [-0.3, -0.25) is 9.59 Å². The molecule has 2 heterocycles. The lowest BCUT2D eigenvalue weighted by molar-refractivity contribution is -0.149. The topological polar surface area (TPSA) is 106 Å². The maximum atomic E-state index is 12.0. The highest BCUT2D eigenvalue weighted by Gasteiger charge is 2.30. The summed E-state index contributed by atoms with van der Waals surface area (Å²) in [4.78, 5) is 31.0. The van der Waals surface area contributed by atoms with Gasteiger partial charge in [0.15, 0.2) is 21.8 Å². The molecule has 1 aromatic heterocycles. The van der Waals surface area contributed by atoms with Gasteiger partial charge >= 0.3 is 5.97 Å². The first-order chi connectivity index (χ1) is 11.3. The molecule has 1 fully saturated rings. The van der Waals surface area contributed by atoms with E-state index in [0.29, 0.717) is 17.3 Å². The average Bonchev–Trinajstić information content (AvgIpc) is 2.85. The number of H-pyrrole nitrogens is 1. The Morgan fingerprint density at radius 1 is 1.42 bits per heavy atom. The minimum atomic E-state index is -3.02. The van der Waals surface area contributed by atoms with Gasteiger partial charge in [-0.25, -0.2) is 13.4 Å². The molecule has 3 rings (SSSR count). The van der Waals surface area contributed by atoms with Gasteiger partial charge in [0, 0.05) is 6.42 Å². The number of hydrogen-bond donors (Lipinski definition) is 1. The lowest BCUT2D eigenvalue weighted by Gasteiger charge is -2.14. The van der Waals surface area contributed by atoms with E-state index in [9.17, 15) is 18.0 Å². The van der Waals surface area contributed by atoms with Crippen LogP contribution in [-0.2, 0) is 19.4 Å². The van der Waals surface area contributed by atoms with Crippen LogP contribution < -0.4 is 5.56 Å². The minimum Gasteiger partial charge on any atom is -0.454 e. The second kappa shape index (κ2) is 6.35. The Morgan fingerprint density at radius 3 is 2.88 bits per heavy atom. The first-order valence-electron chi connectivity index (χ1n) is 7.73. The van der Waals surface area contributed by atoms with Crippen molar-refractivity contribution in [1.29, 1.82) is 0 Å². The number of esters is 1. The SMILES string of the molecule is C[C@@H](OC(=O)C[C@@H]1CCS(=O)(=O)C1)c1nc2ccccc2c(=O)[nH]1. The third-order valence-corrected chi connectivity index (χ3v) is 5.94. The number of carbonyl (C=O) groups excluding carboxylic acids is 1. The largest absolute Gasteiger partial charge is 0.454 e. The van der Waals surface area contributed by atoms with Gasteiger partial charge in [0.2, 0.25) is 0 Å². The van der Waals surface area contributed by atoms with Crippen molar-refractivity contribution in [2.45, 2.75) is 25.9 Å². The maximum Gasteiger partial charge on any atom is 0.306 e. The molecule has 0 bridgehead atoms. The molecule has 0 saturated carbocycles. The fraction of sp³-hybridized carbons (Fsp3) is 0.438. The van der Waals surface area contributed by atoms with E-state index in [1.54, 1.807) is 31.2 Å². The number of benzene rings is 1. The Labute approximate surface area is 139 Å². The number of hydrogen-bond acceptors (Lipinski definition) is 6. The summed E-state index contributed by atoms with van der Waals surface area (Å²) in [6.45, 7) is 1.62. The van der Waals surface area contributed by atoms with Gasteiger partial charge in [0.25, 0.3) is 5.56 Å². The van der Waals surface area contributed by atoms with Crippen LogP contribution in [0.3, 0.4) is 0 Å². The van der Waals surface area contributed by atoms with Crippen LogP contribution >= 0.6 is 0 Å². The van der Waals surface area contributed by atoms with Crippen molar-refractivity contribution in [1.82, 2.24) is 9.97 Å². The number of para-hydroxylation sites is 1. The van der Waals surface area contributed by atoms with Crippen LogP contribution in [0.5, 0.6) is 0 Å². The summed E-state index contributed by atoms with van der Waals surface area (Å²) in [5.74, 6) is -0.258. The minimum absolute atomic E-state index is 0.0293. The predicted molar refractivity (Wildman–Crippen MR) is 88.2 cm³/mol. The fourth-order valence-corrected chi connectivity index (χ4v) is 4.73. The van der Waals surface area contributed by atoms with Crippen molar-refractivity contribution < 1.29 is 17.9 Å². The summed E-state index contributed by atoms with van der Waals surface area (Å²) in [6, 6.07) is 6.90. The Kier molecular flexibility index (Phi) is 4.40. The summed E-state index contributed by atoms with van der Waals surface area (Å²) in [7, 11) is -3.02. The van der Waals surface area contributed by atoms with E-state index in [0.717, 1.165) is 0 Å². The first kappa shape index (κ1) is 16.6. The molecule has 0 amide bonds. The predicted octanol–water partition coefficient (Wildman–Crippen LogP) is 1.35. The zero-order chi connectivity index (χ0) is 17.3. The van der Waals surface area contributed by atoms with Gasteiger partial charge in [-0.1, -0.05) is 12.1 Å². The highest BCUT2D eigenvalue weighted by Crippen LogP contribution is 2.23. The number of ether oxygens (including phenoxy) is 1. The van der Waals surface area contributed by atoms with Gasteiger partial charge in [-0.2, -0.15) is 0 Å². The molecule has 1 aromatic carbocycles. The number of aromatic amines is 1. The van der Waals surface area contributed by atoms with Crippen LogP contribution in [0.1, 0.15) is 31.7 Å². The molecule has 2 atom stereocenters. The van der Waals surface area contributed by atoms with Gasteiger partial charge in [-0.05, 0) is 31.4 Å². The molecule has 0 spiro atoms.